The zero-order chi connectivity index (χ0) is 19.7. The summed E-state index contributed by atoms with van der Waals surface area (Å²) in [7, 11) is 0. The highest BCUT2D eigenvalue weighted by atomic mass is 19.4. The van der Waals surface area contributed by atoms with Crippen molar-refractivity contribution in [1.82, 2.24) is 10.2 Å². The van der Waals surface area contributed by atoms with E-state index >= 15 is 0 Å². The predicted molar refractivity (Wildman–Crippen MR) is 83.0 cm³/mol. The molecule has 148 valence electrons. The van der Waals surface area contributed by atoms with Crippen LogP contribution in [0.1, 0.15) is 43.0 Å². The number of rotatable bonds is 4. The van der Waals surface area contributed by atoms with Gasteiger partial charge in [0.25, 0.3) is 0 Å². The van der Waals surface area contributed by atoms with E-state index in [1.54, 1.807) is 18.7 Å². The average molecular weight is 386 g/mol. The molecule has 0 bridgehead atoms. The van der Waals surface area contributed by atoms with Crippen molar-refractivity contribution < 1.29 is 30.7 Å². The van der Waals surface area contributed by atoms with E-state index in [9.17, 15) is 30.7 Å². The van der Waals surface area contributed by atoms with Gasteiger partial charge in [0, 0.05) is 37.8 Å². The van der Waals surface area contributed by atoms with Crippen LogP contribution in [0.5, 0.6) is 0 Å². The van der Waals surface area contributed by atoms with Crippen LogP contribution >= 0.6 is 0 Å². The largest absolute Gasteiger partial charge is 0.416 e. The molecule has 1 aliphatic rings. The second kappa shape index (κ2) is 7.72. The minimum Gasteiger partial charge on any atom is -0.314 e. The van der Waals surface area contributed by atoms with E-state index in [0.29, 0.717) is 32.6 Å². The number of hydrogen-bond acceptors (Lipinski definition) is 2. The first-order valence-electron chi connectivity index (χ1n) is 8.39. The van der Waals surface area contributed by atoms with E-state index in [2.05, 4.69) is 5.32 Å². The summed E-state index contributed by atoms with van der Waals surface area (Å²) in [6.07, 6.45) is -9.68. The van der Waals surface area contributed by atoms with Crippen molar-refractivity contribution in [2.24, 2.45) is 5.92 Å². The van der Waals surface area contributed by atoms with Crippen LogP contribution < -0.4 is 5.32 Å². The molecule has 9 heteroatoms. The van der Waals surface area contributed by atoms with Crippen LogP contribution in [0.15, 0.2) is 12.1 Å². The van der Waals surface area contributed by atoms with E-state index in [1.165, 1.54) is 0 Å². The van der Waals surface area contributed by atoms with E-state index < -0.39 is 40.9 Å². The Morgan fingerprint density at radius 2 is 1.62 bits per heavy atom. The molecule has 0 aromatic heterocycles. The number of piperazine rings is 1. The molecule has 1 aromatic carbocycles. The second-order valence-corrected chi connectivity index (χ2v) is 6.53. The summed E-state index contributed by atoms with van der Waals surface area (Å²) in [5, 5.41) is 3.06. The van der Waals surface area contributed by atoms with Crippen LogP contribution in [0.3, 0.4) is 0 Å². The Bertz CT molecular complexity index is 619. The summed E-state index contributed by atoms with van der Waals surface area (Å²) in [6, 6.07) is -0.751. The van der Waals surface area contributed by atoms with Gasteiger partial charge in [-0.3, -0.25) is 4.90 Å². The van der Waals surface area contributed by atoms with Crippen LogP contribution in [0.4, 0.5) is 30.7 Å². The molecular formula is C17H21F7N2. The lowest BCUT2D eigenvalue weighted by Crippen LogP contribution is -2.47. The van der Waals surface area contributed by atoms with E-state index in [0.717, 1.165) is 0 Å². The number of nitrogens with zero attached hydrogens (tertiary/aromatic N) is 1. The van der Waals surface area contributed by atoms with E-state index in [4.69, 9.17) is 0 Å². The Hall–Kier alpha value is -1.35. The van der Waals surface area contributed by atoms with E-state index in [-0.39, 0.29) is 18.1 Å². The SMILES string of the molecule is CCC(C)[C@H](c1c(F)cc(C(F)(F)F)cc1C(F)(F)F)N1CCNCC1. The quantitative estimate of drug-likeness (QED) is 0.744. The molecule has 1 aromatic rings. The maximum atomic E-state index is 14.6. The van der Waals surface area contributed by atoms with Gasteiger partial charge in [0.2, 0.25) is 0 Å². The first-order valence-corrected chi connectivity index (χ1v) is 8.39. The fourth-order valence-corrected chi connectivity index (χ4v) is 3.33. The third-order valence-corrected chi connectivity index (χ3v) is 4.79. The first-order chi connectivity index (χ1) is 12.0. The highest BCUT2D eigenvalue weighted by molar-refractivity contribution is 5.39. The lowest BCUT2D eigenvalue weighted by molar-refractivity contribution is -0.144. The molecule has 0 aliphatic carbocycles. The Morgan fingerprint density at radius 3 is 2.08 bits per heavy atom. The number of hydrogen-bond donors (Lipinski definition) is 1. The average Bonchev–Trinajstić information content (AvgIpc) is 2.55. The number of nitrogens with one attached hydrogen (secondary N) is 1. The Balaban J connectivity index is 2.66. The molecular weight excluding hydrogens is 365 g/mol. The van der Waals surface area contributed by atoms with Gasteiger partial charge in [-0.1, -0.05) is 20.3 Å². The molecule has 1 fully saturated rings. The lowest BCUT2D eigenvalue weighted by Gasteiger charge is -2.39. The van der Waals surface area contributed by atoms with Crippen molar-refractivity contribution in [1.29, 1.82) is 0 Å². The topological polar surface area (TPSA) is 15.3 Å². The summed E-state index contributed by atoms with van der Waals surface area (Å²) in [4.78, 5) is 1.71. The summed E-state index contributed by atoms with van der Waals surface area (Å²) in [6.45, 7) is 5.28. The predicted octanol–water partition coefficient (Wildman–Crippen LogP) is 4.86. The van der Waals surface area contributed by atoms with Gasteiger partial charge < -0.3 is 5.32 Å². The normalized spacial score (nSPS) is 19.4. The highest BCUT2D eigenvalue weighted by Crippen LogP contribution is 2.44. The van der Waals surface area contributed by atoms with Gasteiger partial charge in [-0.15, -0.1) is 0 Å². The molecule has 2 rings (SSSR count). The Kier molecular flexibility index (Phi) is 6.22. The fourth-order valence-electron chi connectivity index (χ4n) is 3.33. The second-order valence-electron chi connectivity index (χ2n) is 6.53. The van der Waals surface area contributed by atoms with Crippen molar-refractivity contribution >= 4 is 0 Å². The molecule has 2 atom stereocenters. The van der Waals surface area contributed by atoms with Gasteiger partial charge in [0.1, 0.15) is 5.82 Å². The van der Waals surface area contributed by atoms with Crippen LogP contribution in [0, 0.1) is 11.7 Å². The Labute approximate surface area is 147 Å². The van der Waals surface area contributed by atoms with Gasteiger partial charge in [-0.05, 0) is 18.1 Å². The minimum atomic E-state index is -5.09. The highest BCUT2D eigenvalue weighted by Gasteiger charge is 2.43. The molecule has 1 heterocycles. The molecule has 2 nitrogen and oxygen atoms in total. The van der Waals surface area contributed by atoms with Crippen LogP contribution in [-0.2, 0) is 12.4 Å². The molecule has 1 saturated heterocycles. The summed E-state index contributed by atoms with van der Waals surface area (Å²) < 4.78 is 93.9. The van der Waals surface area contributed by atoms with Gasteiger partial charge in [0.15, 0.2) is 0 Å². The molecule has 0 saturated carbocycles. The van der Waals surface area contributed by atoms with Gasteiger partial charge >= 0.3 is 12.4 Å². The smallest absolute Gasteiger partial charge is 0.314 e. The molecule has 26 heavy (non-hydrogen) atoms. The minimum absolute atomic E-state index is 0.0238. The van der Waals surface area contributed by atoms with Crippen molar-refractivity contribution in [3.63, 3.8) is 0 Å². The molecule has 1 aliphatic heterocycles. The van der Waals surface area contributed by atoms with Gasteiger partial charge in [-0.25, -0.2) is 4.39 Å². The first kappa shape index (κ1) is 21.0. The molecule has 1 unspecified atom stereocenters. The summed E-state index contributed by atoms with van der Waals surface area (Å²) in [5.41, 5.74) is -3.87. The van der Waals surface area contributed by atoms with Crippen molar-refractivity contribution in [2.75, 3.05) is 26.2 Å². The standard InChI is InChI=1S/C17H21F7N2/c1-3-10(2)15(26-6-4-25-5-7-26)14-12(17(22,23)24)8-11(9-13(14)18)16(19,20)21/h8-10,15,25H,3-7H2,1-2H3/t10?,15-/m1/s1. The zero-order valence-corrected chi connectivity index (χ0v) is 14.4. The molecule has 1 N–H and O–H groups in total. The molecule has 0 amide bonds. The number of alkyl halides is 6. The van der Waals surface area contributed by atoms with Gasteiger partial charge in [-0.2, -0.15) is 26.3 Å². The van der Waals surface area contributed by atoms with Gasteiger partial charge in [0.05, 0.1) is 11.1 Å². The maximum absolute atomic E-state index is 14.6. The van der Waals surface area contributed by atoms with Crippen molar-refractivity contribution in [3.8, 4) is 0 Å². The number of benzene rings is 1. The molecule has 0 radical (unpaired) electrons. The summed E-state index contributed by atoms with van der Waals surface area (Å²) >= 11 is 0. The molecule has 0 spiro atoms. The van der Waals surface area contributed by atoms with Crippen LogP contribution in [0.25, 0.3) is 0 Å². The monoisotopic (exact) mass is 386 g/mol. The summed E-state index contributed by atoms with van der Waals surface area (Å²) in [5.74, 6) is -1.82. The van der Waals surface area contributed by atoms with Crippen molar-refractivity contribution in [2.45, 2.75) is 38.7 Å². The third-order valence-electron chi connectivity index (χ3n) is 4.79. The third kappa shape index (κ3) is 4.49. The van der Waals surface area contributed by atoms with Crippen LogP contribution in [-0.4, -0.2) is 31.1 Å². The van der Waals surface area contributed by atoms with Crippen molar-refractivity contribution in [3.05, 3.63) is 34.6 Å². The maximum Gasteiger partial charge on any atom is 0.416 e. The number of halogens is 7. The zero-order valence-electron chi connectivity index (χ0n) is 14.4. The van der Waals surface area contributed by atoms with Crippen LogP contribution in [0.2, 0.25) is 0 Å². The lowest BCUT2D eigenvalue weighted by atomic mass is 9.86. The fraction of sp³-hybridized carbons (Fsp3) is 0.647. The van der Waals surface area contributed by atoms with E-state index in [1.807, 2.05) is 0 Å². The Morgan fingerprint density at radius 1 is 1.04 bits per heavy atom.